The number of methoxy groups -OCH3 is 1. The van der Waals surface area contributed by atoms with E-state index in [1.165, 1.54) is 37.5 Å². The smallest absolute Gasteiger partial charge is 0.328 e. The minimum atomic E-state index is -1.08. The van der Waals surface area contributed by atoms with Crippen LogP contribution in [-0.2, 0) is 4.79 Å². The van der Waals surface area contributed by atoms with Gasteiger partial charge in [-0.05, 0) is 36.8 Å². The number of phenols is 1. The van der Waals surface area contributed by atoms with E-state index in [2.05, 4.69) is 0 Å². The molecule has 0 fully saturated rings. The zero-order chi connectivity index (χ0) is 14.4. The van der Waals surface area contributed by atoms with E-state index in [1.54, 1.807) is 6.92 Å². The second kappa shape index (κ2) is 6.39. The largest absolute Gasteiger partial charge is 0.507 e. The third-order valence-corrected chi connectivity index (χ3v) is 2.32. The number of allylic oxidation sites excluding steroid dienone is 3. The summed E-state index contributed by atoms with van der Waals surface area (Å²) < 4.78 is 4.96. The van der Waals surface area contributed by atoms with Crippen molar-refractivity contribution in [3.05, 3.63) is 47.6 Å². The zero-order valence-electron chi connectivity index (χ0n) is 10.6. The van der Waals surface area contributed by atoms with Crippen molar-refractivity contribution >= 4 is 11.8 Å². The monoisotopic (exact) mass is 262 g/mol. The number of carbonyl (C=O) groups is 2. The second-order valence-electron chi connectivity index (χ2n) is 3.81. The molecule has 0 aromatic heterocycles. The molecule has 0 aliphatic rings. The number of aromatic hydroxyl groups is 1. The first-order valence-corrected chi connectivity index (χ1v) is 5.44. The molecule has 100 valence electrons. The van der Waals surface area contributed by atoms with Crippen LogP contribution in [0.25, 0.3) is 0 Å². The lowest BCUT2D eigenvalue weighted by molar-refractivity contribution is -0.131. The Morgan fingerprint density at radius 2 is 1.95 bits per heavy atom. The maximum atomic E-state index is 11.8. The van der Waals surface area contributed by atoms with Gasteiger partial charge in [0.15, 0.2) is 5.78 Å². The van der Waals surface area contributed by atoms with Gasteiger partial charge in [0.25, 0.3) is 0 Å². The standard InChI is InChI=1S/C14H14O5/c1-9(7-14(17)18)3-5-12(15)11-8-10(19-2)4-6-13(11)16/h3-8,16H,1-2H3,(H,17,18). The summed E-state index contributed by atoms with van der Waals surface area (Å²) in [6, 6.07) is 4.31. The van der Waals surface area contributed by atoms with E-state index in [0.717, 1.165) is 6.08 Å². The minimum absolute atomic E-state index is 0.0960. The number of ketones is 1. The Bertz CT molecular complexity index is 555. The molecule has 5 heteroatoms. The summed E-state index contributed by atoms with van der Waals surface area (Å²) in [5.74, 6) is -1.23. The van der Waals surface area contributed by atoms with Gasteiger partial charge in [-0.3, -0.25) is 4.79 Å². The quantitative estimate of drug-likeness (QED) is 0.482. The van der Waals surface area contributed by atoms with Gasteiger partial charge in [0, 0.05) is 6.08 Å². The Morgan fingerprint density at radius 1 is 1.26 bits per heavy atom. The number of ether oxygens (including phenoxy) is 1. The molecule has 2 N–H and O–H groups in total. The third-order valence-electron chi connectivity index (χ3n) is 2.32. The van der Waals surface area contributed by atoms with Crippen molar-refractivity contribution in [1.82, 2.24) is 0 Å². The summed E-state index contributed by atoms with van der Waals surface area (Å²) in [5.41, 5.74) is 0.516. The van der Waals surface area contributed by atoms with Crippen LogP contribution in [0.2, 0.25) is 0 Å². The number of hydrogen-bond donors (Lipinski definition) is 2. The van der Waals surface area contributed by atoms with E-state index >= 15 is 0 Å². The Hall–Kier alpha value is -2.56. The van der Waals surface area contributed by atoms with Crippen LogP contribution in [0.1, 0.15) is 17.3 Å². The van der Waals surface area contributed by atoms with Crippen molar-refractivity contribution in [3.63, 3.8) is 0 Å². The number of hydrogen-bond acceptors (Lipinski definition) is 4. The van der Waals surface area contributed by atoms with Crippen molar-refractivity contribution in [3.8, 4) is 11.5 Å². The molecule has 0 radical (unpaired) electrons. The van der Waals surface area contributed by atoms with Crippen molar-refractivity contribution in [1.29, 1.82) is 0 Å². The van der Waals surface area contributed by atoms with Gasteiger partial charge in [-0.25, -0.2) is 4.79 Å². The Balaban J connectivity index is 2.95. The van der Waals surface area contributed by atoms with Gasteiger partial charge in [-0.2, -0.15) is 0 Å². The predicted octanol–water partition coefficient (Wildman–Crippen LogP) is 2.17. The van der Waals surface area contributed by atoms with Crippen LogP contribution in [0, 0.1) is 0 Å². The maximum absolute atomic E-state index is 11.8. The topological polar surface area (TPSA) is 83.8 Å². The maximum Gasteiger partial charge on any atom is 0.328 e. The molecule has 1 aromatic rings. The second-order valence-corrected chi connectivity index (χ2v) is 3.81. The Labute approximate surface area is 110 Å². The van der Waals surface area contributed by atoms with Crippen LogP contribution < -0.4 is 4.74 Å². The number of carboxylic acid groups (broad SMARTS) is 1. The summed E-state index contributed by atoms with van der Waals surface area (Å²) in [6.07, 6.45) is 3.55. The molecule has 0 amide bonds. The van der Waals surface area contributed by atoms with Crippen molar-refractivity contribution in [2.75, 3.05) is 7.11 Å². The molecule has 0 heterocycles. The first kappa shape index (κ1) is 14.5. The SMILES string of the molecule is COc1ccc(O)c(C(=O)C=CC(C)=CC(=O)O)c1. The van der Waals surface area contributed by atoms with Crippen LogP contribution >= 0.6 is 0 Å². The van der Waals surface area contributed by atoms with E-state index in [-0.39, 0.29) is 11.3 Å². The first-order valence-electron chi connectivity index (χ1n) is 5.44. The molecule has 0 saturated carbocycles. The van der Waals surface area contributed by atoms with Gasteiger partial charge in [0.1, 0.15) is 11.5 Å². The lowest BCUT2D eigenvalue weighted by atomic mass is 10.1. The van der Waals surface area contributed by atoms with E-state index in [4.69, 9.17) is 9.84 Å². The van der Waals surface area contributed by atoms with Gasteiger partial charge in [-0.15, -0.1) is 0 Å². The highest BCUT2D eigenvalue weighted by atomic mass is 16.5. The lowest BCUT2D eigenvalue weighted by Crippen LogP contribution is -1.96. The van der Waals surface area contributed by atoms with Crippen LogP contribution in [0.3, 0.4) is 0 Å². The first-order chi connectivity index (χ1) is 8.93. The highest BCUT2D eigenvalue weighted by Gasteiger charge is 2.09. The van der Waals surface area contributed by atoms with Gasteiger partial charge in [0.05, 0.1) is 12.7 Å². The van der Waals surface area contributed by atoms with Gasteiger partial charge in [0.2, 0.25) is 0 Å². The summed E-state index contributed by atoms with van der Waals surface area (Å²) >= 11 is 0. The predicted molar refractivity (Wildman–Crippen MR) is 69.5 cm³/mol. The summed E-state index contributed by atoms with van der Waals surface area (Å²) in [6.45, 7) is 1.56. The van der Waals surface area contributed by atoms with Crippen LogP contribution in [-0.4, -0.2) is 29.1 Å². The van der Waals surface area contributed by atoms with Crippen molar-refractivity contribution in [2.24, 2.45) is 0 Å². The van der Waals surface area contributed by atoms with E-state index in [9.17, 15) is 14.7 Å². The van der Waals surface area contributed by atoms with E-state index in [1.807, 2.05) is 0 Å². The average Bonchev–Trinajstić information content (AvgIpc) is 2.35. The number of aliphatic carboxylic acids is 1. The van der Waals surface area contributed by atoms with Gasteiger partial charge < -0.3 is 14.9 Å². The molecule has 0 spiro atoms. The highest BCUT2D eigenvalue weighted by Crippen LogP contribution is 2.23. The molecule has 0 unspecified atom stereocenters. The molecule has 19 heavy (non-hydrogen) atoms. The fourth-order valence-electron chi connectivity index (χ4n) is 1.38. The van der Waals surface area contributed by atoms with E-state index < -0.39 is 11.8 Å². The van der Waals surface area contributed by atoms with Gasteiger partial charge in [-0.1, -0.05) is 6.08 Å². The molecule has 1 rings (SSSR count). The molecule has 1 aromatic carbocycles. The van der Waals surface area contributed by atoms with E-state index in [0.29, 0.717) is 11.3 Å². The third kappa shape index (κ3) is 4.31. The summed E-state index contributed by atoms with van der Waals surface area (Å²) in [7, 11) is 1.45. The fourth-order valence-corrected chi connectivity index (χ4v) is 1.38. The Kier molecular flexibility index (Phi) is 4.88. The van der Waals surface area contributed by atoms with Crippen LogP contribution in [0.4, 0.5) is 0 Å². The van der Waals surface area contributed by atoms with Gasteiger partial charge >= 0.3 is 5.97 Å². The molecule has 0 atom stereocenters. The van der Waals surface area contributed by atoms with Crippen LogP contribution in [0.15, 0.2) is 42.0 Å². The number of rotatable bonds is 5. The normalized spacial score (nSPS) is 11.6. The number of carboxylic acids is 1. The summed E-state index contributed by atoms with van der Waals surface area (Å²) in [4.78, 5) is 22.3. The molecule has 5 nitrogen and oxygen atoms in total. The number of carbonyl (C=O) groups excluding carboxylic acids is 1. The highest BCUT2D eigenvalue weighted by molar-refractivity contribution is 6.07. The van der Waals surface area contributed by atoms with Crippen LogP contribution in [0.5, 0.6) is 11.5 Å². The molecule has 0 aliphatic carbocycles. The Morgan fingerprint density at radius 3 is 2.53 bits per heavy atom. The molecule has 0 saturated heterocycles. The lowest BCUT2D eigenvalue weighted by Gasteiger charge is -2.04. The molecular formula is C14H14O5. The fraction of sp³-hybridized carbons (Fsp3) is 0.143. The van der Waals surface area contributed by atoms with Crippen molar-refractivity contribution < 1.29 is 24.5 Å². The number of benzene rings is 1. The zero-order valence-corrected chi connectivity index (χ0v) is 10.6. The van der Waals surface area contributed by atoms with Crippen molar-refractivity contribution in [2.45, 2.75) is 6.92 Å². The number of phenolic OH excluding ortho intramolecular Hbond substituents is 1. The molecule has 0 aliphatic heterocycles. The molecule has 0 bridgehead atoms. The molecular weight excluding hydrogens is 248 g/mol. The summed E-state index contributed by atoms with van der Waals surface area (Å²) in [5, 5.41) is 18.1. The average molecular weight is 262 g/mol. The minimum Gasteiger partial charge on any atom is -0.507 e.